The Morgan fingerprint density at radius 2 is 2.00 bits per heavy atom. The number of hydrogen-bond donors (Lipinski definition) is 3. The number of amides is 2. The fraction of sp³-hybridized carbons (Fsp3) is 0.529. The standard InChI is InChI=1S/C17H24N4O4.ClH/c1-12(15(22)19-11-17(2)6-8-18-9-7-17)20-16(23)13-4-3-5-14(10-13)21(24)25;/h3-5,10,12,18H,6-9,11H2,1-2H3,(H,19,22)(H,20,23);1H. The molecule has 1 aromatic rings. The highest BCUT2D eigenvalue weighted by Crippen LogP contribution is 2.26. The minimum absolute atomic E-state index is 0. The molecule has 0 bridgehead atoms. The molecule has 144 valence electrons. The number of piperidine rings is 1. The summed E-state index contributed by atoms with van der Waals surface area (Å²) in [5.41, 5.74) is 0.0489. The molecule has 9 heteroatoms. The number of carbonyl (C=O) groups excluding carboxylic acids is 2. The van der Waals surface area contributed by atoms with Crippen LogP contribution in [-0.2, 0) is 4.79 Å². The van der Waals surface area contributed by atoms with E-state index in [-0.39, 0.29) is 35.0 Å². The minimum atomic E-state index is -0.725. The van der Waals surface area contributed by atoms with E-state index in [1.54, 1.807) is 6.92 Å². The number of nitrogens with zero attached hydrogens (tertiary/aromatic N) is 1. The number of rotatable bonds is 6. The lowest BCUT2D eigenvalue weighted by Crippen LogP contribution is -2.49. The third-order valence-electron chi connectivity index (χ3n) is 4.56. The van der Waals surface area contributed by atoms with Crippen LogP contribution in [0.5, 0.6) is 0 Å². The highest BCUT2D eigenvalue weighted by atomic mass is 35.5. The number of nitro groups is 1. The van der Waals surface area contributed by atoms with Crippen LogP contribution < -0.4 is 16.0 Å². The van der Waals surface area contributed by atoms with Crippen LogP contribution in [0.4, 0.5) is 5.69 Å². The minimum Gasteiger partial charge on any atom is -0.354 e. The quantitative estimate of drug-likeness (QED) is 0.509. The smallest absolute Gasteiger partial charge is 0.270 e. The second-order valence-electron chi connectivity index (χ2n) is 6.78. The molecule has 0 radical (unpaired) electrons. The van der Waals surface area contributed by atoms with E-state index in [1.807, 2.05) is 0 Å². The molecular weight excluding hydrogens is 360 g/mol. The number of halogens is 1. The highest BCUT2D eigenvalue weighted by Gasteiger charge is 2.28. The van der Waals surface area contributed by atoms with Gasteiger partial charge in [0, 0.05) is 24.2 Å². The molecule has 1 aliphatic rings. The van der Waals surface area contributed by atoms with E-state index in [1.165, 1.54) is 24.3 Å². The third kappa shape index (κ3) is 5.96. The molecule has 1 atom stereocenters. The van der Waals surface area contributed by atoms with Crippen LogP contribution in [0.1, 0.15) is 37.0 Å². The first-order valence-corrected chi connectivity index (χ1v) is 8.34. The number of hydrogen-bond acceptors (Lipinski definition) is 5. The Morgan fingerprint density at radius 3 is 2.62 bits per heavy atom. The van der Waals surface area contributed by atoms with Gasteiger partial charge in [-0.1, -0.05) is 13.0 Å². The lowest BCUT2D eigenvalue weighted by atomic mass is 9.81. The number of carbonyl (C=O) groups is 2. The summed E-state index contributed by atoms with van der Waals surface area (Å²) in [5, 5.41) is 19.5. The van der Waals surface area contributed by atoms with Crippen LogP contribution >= 0.6 is 12.4 Å². The van der Waals surface area contributed by atoms with Gasteiger partial charge in [-0.3, -0.25) is 19.7 Å². The van der Waals surface area contributed by atoms with Crippen LogP contribution in [0.25, 0.3) is 0 Å². The van der Waals surface area contributed by atoms with E-state index in [9.17, 15) is 19.7 Å². The normalized spacial score (nSPS) is 16.7. The molecule has 1 aliphatic heterocycles. The maximum atomic E-state index is 12.2. The summed E-state index contributed by atoms with van der Waals surface area (Å²) in [4.78, 5) is 34.6. The molecule has 26 heavy (non-hydrogen) atoms. The topological polar surface area (TPSA) is 113 Å². The summed E-state index contributed by atoms with van der Waals surface area (Å²) < 4.78 is 0. The zero-order valence-corrected chi connectivity index (χ0v) is 15.7. The summed E-state index contributed by atoms with van der Waals surface area (Å²) >= 11 is 0. The van der Waals surface area contributed by atoms with E-state index < -0.39 is 16.9 Å². The lowest BCUT2D eigenvalue weighted by Gasteiger charge is -2.34. The number of non-ortho nitro benzene ring substituents is 1. The van der Waals surface area contributed by atoms with Crippen LogP contribution in [0.15, 0.2) is 24.3 Å². The van der Waals surface area contributed by atoms with Gasteiger partial charge in [-0.2, -0.15) is 0 Å². The van der Waals surface area contributed by atoms with E-state index in [2.05, 4.69) is 22.9 Å². The van der Waals surface area contributed by atoms with Gasteiger partial charge in [0.25, 0.3) is 11.6 Å². The van der Waals surface area contributed by atoms with Crippen molar-refractivity contribution in [2.75, 3.05) is 19.6 Å². The second-order valence-corrected chi connectivity index (χ2v) is 6.78. The number of nitrogens with one attached hydrogen (secondary N) is 3. The van der Waals surface area contributed by atoms with Crippen LogP contribution in [0, 0.1) is 15.5 Å². The lowest BCUT2D eigenvalue weighted by molar-refractivity contribution is -0.384. The molecule has 8 nitrogen and oxygen atoms in total. The molecule has 1 aromatic carbocycles. The highest BCUT2D eigenvalue weighted by molar-refractivity contribution is 5.97. The fourth-order valence-corrected chi connectivity index (χ4v) is 2.77. The van der Waals surface area contributed by atoms with Crippen molar-refractivity contribution < 1.29 is 14.5 Å². The van der Waals surface area contributed by atoms with Gasteiger partial charge in [-0.05, 0) is 44.3 Å². The van der Waals surface area contributed by atoms with Crippen molar-refractivity contribution >= 4 is 29.9 Å². The summed E-state index contributed by atoms with van der Waals surface area (Å²) in [5.74, 6) is -0.780. The van der Waals surface area contributed by atoms with Gasteiger partial charge in [0.2, 0.25) is 5.91 Å². The Hall–Kier alpha value is -2.19. The zero-order valence-electron chi connectivity index (χ0n) is 14.9. The Kier molecular flexibility index (Phi) is 7.98. The van der Waals surface area contributed by atoms with Crippen molar-refractivity contribution in [2.24, 2.45) is 5.41 Å². The summed E-state index contributed by atoms with van der Waals surface area (Å²) in [6.45, 7) is 6.16. The van der Waals surface area contributed by atoms with Crippen LogP contribution in [0.3, 0.4) is 0 Å². The van der Waals surface area contributed by atoms with Crippen molar-refractivity contribution in [1.82, 2.24) is 16.0 Å². The first-order chi connectivity index (χ1) is 11.8. The molecule has 0 spiro atoms. The van der Waals surface area contributed by atoms with Gasteiger partial charge in [0.1, 0.15) is 6.04 Å². The van der Waals surface area contributed by atoms with Gasteiger partial charge in [-0.25, -0.2) is 0 Å². The molecule has 0 aromatic heterocycles. The van der Waals surface area contributed by atoms with Crippen molar-refractivity contribution in [3.8, 4) is 0 Å². The van der Waals surface area contributed by atoms with Crippen LogP contribution in [0.2, 0.25) is 0 Å². The molecule has 1 heterocycles. The predicted octanol–water partition coefficient (Wildman–Crippen LogP) is 1.64. The fourth-order valence-electron chi connectivity index (χ4n) is 2.77. The molecule has 2 rings (SSSR count). The van der Waals surface area contributed by atoms with E-state index >= 15 is 0 Å². The van der Waals surface area contributed by atoms with Crippen molar-refractivity contribution in [3.63, 3.8) is 0 Å². The summed E-state index contributed by atoms with van der Waals surface area (Å²) in [6, 6.07) is 4.69. The molecule has 0 aliphatic carbocycles. The third-order valence-corrected chi connectivity index (χ3v) is 4.56. The summed E-state index contributed by atoms with van der Waals surface area (Å²) in [7, 11) is 0. The molecule has 1 fully saturated rings. The second kappa shape index (κ2) is 9.49. The van der Waals surface area contributed by atoms with Gasteiger partial charge in [0.05, 0.1) is 4.92 Å². The molecular formula is C17H25ClN4O4. The predicted molar refractivity (Wildman–Crippen MR) is 100 cm³/mol. The Balaban J connectivity index is 0.00000338. The van der Waals surface area contributed by atoms with Gasteiger partial charge < -0.3 is 16.0 Å². The zero-order chi connectivity index (χ0) is 18.4. The largest absolute Gasteiger partial charge is 0.354 e. The molecule has 1 unspecified atom stereocenters. The SMILES string of the molecule is CC(NC(=O)c1cccc([N+](=O)[O-])c1)C(=O)NCC1(C)CCNCC1.Cl. The monoisotopic (exact) mass is 384 g/mol. The average Bonchev–Trinajstić information content (AvgIpc) is 2.60. The van der Waals surface area contributed by atoms with E-state index in [0.29, 0.717) is 6.54 Å². The Bertz CT molecular complexity index is 662. The Morgan fingerprint density at radius 1 is 1.35 bits per heavy atom. The summed E-state index contributed by atoms with van der Waals surface area (Å²) in [6.07, 6.45) is 1.98. The van der Waals surface area contributed by atoms with Gasteiger partial charge >= 0.3 is 0 Å². The first-order valence-electron chi connectivity index (χ1n) is 8.34. The van der Waals surface area contributed by atoms with E-state index in [4.69, 9.17) is 0 Å². The van der Waals surface area contributed by atoms with Crippen molar-refractivity contribution in [2.45, 2.75) is 32.7 Å². The van der Waals surface area contributed by atoms with Gasteiger partial charge in [-0.15, -0.1) is 12.4 Å². The van der Waals surface area contributed by atoms with Crippen LogP contribution in [-0.4, -0.2) is 42.4 Å². The average molecular weight is 385 g/mol. The van der Waals surface area contributed by atoms with E-state index in [0.717, 1.165) is 25.9 Å². The maximum absolute atomic E-state index is 12.2. The maximum Gasteiger partial charge on any atom is 0.270 e. The number of nitro benzene ring substituents is 1. The molecule has 2 amide bonds. The first kappa shape index (κ1) is 21.9. The van der Waals surface area contributed by atoms with Crippen molar-refractivity contribution in [3.05, 3.63) is 39.9 Å². The van der Waals surface area contributed by atoms with Gasteiger partial charge in [0.15, 0.2) is 0 Å². The molecule has 0 saturated carbocycles. The molecule has 1 saturated heterocycles. The molecule has 3 N–H and O–H groups in total. The van der Waals surface area contributed by atoms with Crippen molar-refractivity contribution in [1.29, 1.82) is 0 Å². The Labute approximate surface area is 158 Å². The number of benzene rings is 1.